The molecule has 2 N–H and O–H groups in total. The lowest BCUT2D eigenvalue weighted by Gasteiger charge is -2.17. The first-order chi connectivity index (χ1) is 9.19. The van der Waals surface area contributed by atoms with Crippen LogP contribution in [-0.4, -0.2) is 19.6 Å². The van der Waals surface area contributed by atoms with Gasteiger partial charge in [0.25, 0.3) is 0 Å². The molecule has 0 spiro atoms. The molecule has 0 aliphatic heterocycles. The average Bonchev–Trinajstić information content (AvgIpc) is 2.26. The third kappa shape index (κ3) is 3.97. The molecule has 7 heteroatoms. The molecule has 0 saturated heterocycles. The topological polar surface area (TPSA) is 66.4 Å². The lowest BCUT2D eigenvalue weighted by Crippen LogP contribution is -2.34. The Kier molecular flexibility index (Phi) is 5.61. The minimum Gasteiger partial charge on any atom is -0.391 e. The molecule has 0 aliphatic rings. The molecule has 0 amide bonds. The van der Waals surface area contributed by atoms with Crippen LogP contribution in [0.1, 0.15) is 32.8 Å². The van der Waals surface area contributed by atoms with Crippen LogP contribution in [0.25, 0.3) is 0 Å². The number of aliphatic hydroxyl groups is 1. The Balaban J connectivity index is 3.10. The van der Waals surface area contributed by atoms with Crippen molar-refractivity contribution in [1.82, 2.24) is 4.72 Å². The quantitative estimate of drug-likeness (QED) is 0.846. The van der Waals surface area contributed by atoms with Gasteiger partial charge >= 0.3 is 0 Å². The van der Waals surface area contributed by atoms with Crippen LogP contribution in [0.2, 0.25) is 0 Å². The first kappa shape index (κ1) is 17.0. The largest absolute Gasteiger partial charge is 0.391 e. The highest BCUT2D eigenvalue weighted by Crippen LogP contribution is 2.21. The minimum absolute atomic E-state index is 0.277. The van der Waals surface area contributed by atoms with E-state index >= 15 is 0 Å². The molecule has 0 saturated carbocycles. The van der Waals surface area contributed by atoms with Crippen LogP contribution in [0.15, 0.2) is 17.0 Å². The third-order valence-electron chi connectivity index (χ3n) is 2.78. The van der Waals surface area contributed by atoms with Gasteiger partial charge in [-0.2, -0.15) is 0 Å². The number of sulfonamides is 1. The third-order valence-corrected chi connectivity index (χ3v) is 4.39. The van der Waals surface area contributed by atoms with Crippen molar-refractivity contribution in [2.24, 2.45) is 5.92 Å². The maximum Gasteiger partial charge on any atom is 0.243 e. The fourth-order valence-electron chi connectivity index (χ4n) is 2.01. The average molecular weight is 307 g/mol. The summed E-state index contributed by atoms with van der Waals surface area (Å²) in [4.78, 5) is -0.654. The number of aliphatic hydroxyl groups excluding tert-OH is 1. The molecule has 1 unspecified atom stereocenters. The van der Waals surface area contributed by atoms with E-state index in [0.29, 0.717) is 6.42 Å². The molecule has 114 valence electrons. The molecule has 1 aromatic carbocycles. The summed E-state index contributed by atoms with van der Waals surface area (Å²) in [7, 11) is -4.09. The highest BCUT2D eigenvalue weighted by molar-refractivity contribution is 7.89. The fourth-order valence-corrected chi connectivity index (χ4v) is 3.37. The molecule has 1 rings (SSSR count). The van der Waals surface area contributed by atoms with Crippen LogP contribution in [0.4, 0.5) is 8.78 Å². The summed E-state index contributed by atoms with van der Waals surface area (Å²) >= 11 is 0. The Bertz CT molecular complexity index is 573. The summed E-state index contributed by atoms with van der Waals surface area (Å²) in [6, 6.07) is 1.31. The number of rotatable bonds is 6. The van der Waals surface area contributed by atoms with Gasteiger partial charge in [-0.15, -0.1) is 0 Å². The molecule has 4 nitrogen and oxygen atoms in total. The van der Waals surface area contributed by atoms with Gasteiger partial charge in [-0.25, -0.2) is 21.9 Å². The van der Waals surface area contributed by atoms with Gasteiger partial charge < -0.3 is 5.11 Å². The van der Waals surface area contributed by atoms with Gasteiger partial charge in [0.2, 0.25) is 10.0 Å². The molecule has 0 aliphatic carbocycles. The first-order valence-corrected chi connectivity index (χ1v) is 7.77. The molecule has 0 radical (unpaired) electrons. The van der Waals surface area contributed by atoms with E-state index in [1.54, 1.807) is 6.92 Å². The zero-order chi connectivity index (χ0) is 15.5. The van der Waals surface area contributed by atoms with E-state index in [1.165, 1.54) is 0 Å². The summed E-state index contributed by atoms with van der Waals surface area (Å²) < 4.78 is 53.6. The standard InChI is InChI=1S/C13H19F2NO3S/c1-8(2)6-9(3)16-20(18,19)12-5-4-11(14)10(7-17)13(12)15/h4-5,8-9,16-17H,6-7H2,1-3H3. The van der Waals surface area contributed by atoms with E-state index in [1.807, 2.05) is 13.8 Å². The predicted octanol–water partition coefficient (Wildman–Crippen LogP) is 2.17. The number of hydrogen-bond donors (Lipinski definition) is 2. The second-order valence-electron chi connectivity index (χ2n) is 5.15. The van der Waals surface area contributed by atoms with Crippen molar-refractivity contribution in [3.05, 3.63) is 29.3 Å². The van der Waals surface area contributed by atoms with E-state index in [0.717, 1.165) is 12.1 Å². The lowest BCUT2D eigenvalue weighted by molar-refractivity contribution is 0.267. The Morgan fingerprint density at radius 2 is 1.85 bits per heavy atom. The van der Waals surface area contributed by atoms with Crippen LogP contribution in [0.3, 0.4) is 0 Å². The molecule has 1 atom stereocenters. The van der Waals surface area contributed by atoms with Gasteiger partial charge in [-0.1, -0.05) is 13.8 Å². The van der Waals surface area contributed by atoms with E-state index in [-0.39, 0.29) is 12.0 Å². The van der Waals surface area contributed by atoms with Crippen molar-refractivity contribution < 1.29 is 22.3 Å². The number of benzene rings is 1. The first-order valence-electron chi connectivity index (χ1n) is 6.29. The maximum atomic E-state index is 13.9. The van der Waals surface area contributed by atoms with Gasteiger partial charge in [0, 0.05) is 6.04 Å². The molecular formula is C13H19F2NO3S. The van der Waals surface area contributed by atoms with Gasteiger partial charge in [0.05, 0.1) is 12.2 Å². The van der Waals surface area contributed by atoms with Crippen molar-refractivity contribution in [2.75, 3.05) is 0 Å². The smallest absolute Gasteiger partial charge is 0.243 e. The normalized spacial score (nSPS) is 13.8. The summed E-state index contributed by atoms with van der Waals surface area (Å²) in [6.07, 6.45) is 0.592. The second kappa shape index (κ2) is 6.60. The highest BCUT2D eigenvalue weighted by Gasteiger charge is 2.25. The number of hydrogen-bond acceptors (Lipinski definition) is 3. The Morgan fingerprint density at radius 3 is 2.35 bits per heavy atom. The number of nitrogens with one attached hydrogen (secondary N) is 1. The van der Waals surface area contributed by atoms with Gasteiger partial charge in [-0.3, -0.25) is 0 Å². The molecule has 0 fully saturated rings. The lowest BCUT2D eigenvalue weighted by atomic mass is 10.1. The Hall–Kier alpha value is -1.05. The van der Waals surface area contributed by atoms with Gasteiger partial charge in [0.1, 0.15) is 10.7 Å². The monoisotopic (exact) mass is 307 g/mol. The van der Waals surface area contributed by atoms with Crippen molar-refractivity contribution in [1.29, 1.82) is 0 Å². The van der Waals surface area contributed by atoms with Gasteiger partial charge in [-0.05, 0) is 31.4 Å². The van der Waals surface area contributed by atoms with E-state index < -0.39 is 38.7 Å². The summed E-state index contributed by atoms with van der Waals surface area (Å²) in [5, 5.41) is 8.90. The summed E-state index contributed by atoms with van der Waals surface area (Å²) in [6.45, 7) is 4.65. The molecule has 0 aromatic heterocycles. The maximum absolute atomic E-state index is 13.9. The van der Waals surface area contributed by atoms with Crippen molar-refractivity contribution >= 4 is 10.0 Å². The highest BCUT2D eigenvalue weighted by atomic mass is 32.2. The summed E-state index contributed by atoms with van der Waals surface area (Å²) in [5.74, 6) is -1.95. The second-order valence-corrected chi connectivity index (χ2v) is 6.83. The van der Waals surface area contributed by atoms with Crippen LogP contribution < -0.4 is 4.72 Å². The molecule has 0 bridgehead atoms. The van der Waals surface area contributed by atoms with Crippen molar-refractivity contribution in [3.63, 3.8) is 0 Å². The zero-order valence-electron chi connectivity index (χ0n) is 11.7. The van der Waals surface area contributed by atoms with E-state index in [4.69, 9.17) is 5.11 Å². The van der Waals surface area contributed by atoms with Crippen LogP contribution in [0, 0.1) is 17.6 Å². The summed E-state index contributed by atoms with van der Waals surface area (Å²) in [5.41, 5.74) is -0.649. The zero-order valence-corrected chi connectivity index (χ0v) is 12.5. The SMILES string of the molecule is CC(C)CC(C)NS(=O)(=O)c1ccc(F)c(CO)c1F. The van der Waals surface area contributed by atoms with Crippen LogP contribution >= 0.6 is 0 Å². The van der Waals surface area contributed by atoms with Crippen molar-refractivity contribution in [2.45, 2.75) is 44.7 Å². The molecular weight excluding hydrogens is 288 g/mol. The van der Waals surface area contributed by atoms with Crippen LogP contribution in [-0.2, 0) is 16.6 Å². The molecule has 1 aromatic rings. The minimum atomic E-state index is -4.09. The Labute approximate surface area is 117 Å². The fraction of sp³-hybridized carbons (Fsp3) is 0.538. The van der Waals surface area contributed by atoms with E-state index in [9.17, 15) is 17.2 Å². The number of halogens is 2. The van der Waals surface area contributed by atoms with Crippen LogP contribution in [0.5, 0.6) is 0 Å². The van der Waals surface area contributed by atoms with Crippen molar-refractivity contribution in [3.8, 4) is 0 Å². The Morgan fingerprint density at radius 1 is 1.25 bits per heavy atom. The van der Waals surface area contributed by atoms with Gasteiger partial charge in [0.15, 0.2) is 5.82 Å². The van der Waals surface area contributed by atoms with E-state index in [2.05, 4.69) is 4.72 Å². The molecule has 0 heterocycles. The predicted molar refractivity (Wildman–Crippen MR) is 71.5 cm³/mol. The molecule has 20 heavy (non-hydrogen) atoms.